The van der Waals surface area contributed by atoms with Gasteiger partial charge in [0.2, 0.25) is 0 Å². The summed E-state index contributed by atoms with van der Waals surface area (Å²) in [5, 5.41) is 4.22. The normalized spacial score (nSPS) is 11.3. The average Bonchev–Trinajstić information content (AvgIpc) is 2.01. The summed E-state index contributed by atoms with van der Waals surface area (Å²) in [6.07, 6.45) is 4.68. The van der Waals surface area contributed by atoms with Crippen molar-refractivity contribution in [3.8, 4) is 0 Å². The minimum atomic E-state index is 0.227. The van der Waals surface area contributed by atoms with Crippen LogP contribution >= 0.6 is 12.2 Å². The first-order valence-electron chi connectivity index (χ1n) is 4.25. The summed E-state index contributed by atoms with van der Waals surface area (Å²) < 4.78 is 0. The minimum Gasteiger partial charge on any atom is -0.375 e. The predicted molar refractivity (Wildman–Crippen MR) is 57.2 cm³/mol. The maximum absolute atomic E-state index is 5.21. The van der Waals surface area contributed by atoms with Crippen molar-refractivity contribution in [3.63, 3.8) is 0 Å². The molecule has 70 valence electrons. The molecule has 0 saturated carbocycles. The number of nitrogens with two attached hydrogens (primary N) is 1. The Morgan fingerprint density at radius 3 is 2.67 bits per heavy atom. The predicted octanol–water partition coefficient (Wildman–Crippen LogP) is 1.78. The second kappa shape index (κ2) is 7.03. The van der Waals surface area contributed by atoms with E-state index >= 15 is 0 Å². The number of hydrazone groups is 1. The summed E-state index contributed by atoms with van der Waals surface area (Å²) >= 11 is 4.61. The zero-order chi connectivity index (χ0) is 9.40. The lowest BCUT2D eigenvalue weighted by Gasteiger charge is -2.00. The van der Waals surface area contributed by atoms with Crippen LogP contribution in [0.25, 0.3) is 0 Å². The molecule has 4 heteroatoms. The van der Waals surface area contributed by atoms with Crippen LogP contribution in [0.2, 0.25) is 0 Å². The Kier molecular flexibility index (Phi) is 6.66. The van der Waals surface area contributed by atoms with E-state index in [1.165, 1.54) is 19.3 Å². The van der Waals surface area contributed by atoms with Crippen LogP contribution in [0, 0.1) is 0 Å². The molecule has 0 amide bonds. The van der Waals surface area contributed by atoms with E-state index in [1.807, 2.05) is 6.92 Å². The Hall–Kier alpha value is -0.640. The number of unbranched alkanes of at least 4 members (excludes halogenated alkanes) is 2. The molecule has 0 spiro atoms. The van der Waals surface area contributed by atoms with E-state index in [1.54, 1.807) is 0 Å². The zero-order valence-electron chi connectivity index (χ0n) is 7.76. The number of thiocarbonyl (C=S) groups is 1. The van der Waals surface area contributed by atoms with E-state index in [9.17, 15) is 0 Å². The van der Waals surface area contributed by atoms with Gasteiger partial charge in [0.15, 0.2) is 5.11 Å². The molecule has 0 bridgehead atoms. The zero-order valence-corrected chi connectivity index (χ0v) is 8.58. The molecular weight excluding hydrogens is 170 g/mol. The second-order valence-electron chi connectivity index (χ2n) is 2.78. The summed E-state index contributed by atoms with van der Waals surface area (Å²) in [7, 11) is 0. The largest absolute Gasteiger partial charge is 0.375 e. The number of hydrogen-bond acceptors (Lipinski definition) is 2. The maximum Gasteiger partial charge on any atom is 0.184 e. The van der Waals surface area contributed by atoms with Gasteiger partial charge in [-0.15, -0.1) is 0 Å². The Morgan fingerprint density at radius 2 is 2.17 bits per heavy atom. The molecule has 0 aliphatic heterocycles. The van der Waals surface area contributed by atoms with Crippen molar-refractivity contribution in [1.29, 1.82) is 0 Å². The smallest absolute Gasteiger partial charge is 0.184 e. The summed E-state index contributed by atoms with van der Waals surface area (Å²) in [6.45, 7) is 4.15. The Morgan fingerprint density at radius 1 is 1.50 bits per heavy atom. The van der Waals surface area contributed by atoms with Crippen LogP contribution in [0.4, 0.5) is 0 Å². The average molecular weight is 187 g/mol. The topological polar surface area (TPSA) is 50.4 Å². The fourth-order valence-corrected chi connectivity index (χ4v) is 0.883. The van der Waals surface area contributed by atoms with E-state index in [4.69, 9.17) is 5.73 Å². The van der Waals surface area contributed by atoms with Crippen molar-refractivity contribution < 1.29 is 0 Å². The van der Waals surface area contributed by atoms with Crippen molar-refractivity contribution in [2.75, 3.05) is 0 Å². The van der Waals surface area contributed by atoms with Crippen molar-refractivity contribution in [3.05, 3.63) is 0 Å². The van der Waals surface area contributed by atoms with Crippen molar-refractivity contribution in [2.45, 2.75) is 39.5 Å². The SMILES string of the molecule is CCCCCC(C)=NNC(N)=S. The second-order valence-corrected chi connectivity index (χ2v) is 3.22. The van der Waals surface area contributed by atoms with Gasteiger partial charge in [-0.2, -0.15) is 5.10 Å². The molecule has 3 nitrogen and oxygen atoms in total. The van der Waals surface area contributed by atoms with Gasteiger partial charge in [0.05, 0.1) is 0 Å². The first-order valence-corrected chi connectivity index (χ1v) is 4.66. The molecule has 0 heterocycles. The molecule has 0 saturated heterocycles. The highest BCUT2D eigenvalue weighted by Gasteiger charge is 1.91. The van der Waals surface area contributed by atoms with Gasteiger partial charge in [0.1, 0.15) is 0 Å². The number of nitrogens with zero attached hydrogens (tertiary/aromatic N) is 1. The lowest BCUT2D eigenvalue weighted by molar-refractivity contribution is 0.738. The van der Waals surface area contributed by atoms with Gasteiger partial charge in [-0.1, -0.05) is 19.8 Å². The third-order valence-corrected chi connectivity index (χ3v) is 1.59. The fraction of sp³-hybridized carbons (Fsp3) is 0.750. The standard InChI is InChI=1S/C8H17N3S/c1-3-4-5-6-7(2)10-11-8(9)12/h3-6H2,1-2H3,(H3,9,11,12). The minimum absolute atomic E-state index is 0.227. The number of hydrogen-bond donors (Lipinski definition) is 2. The van der Waals surface area contributed by atoms with Gasteiger partial charge in [-0.25, -0.2) is 0 Å². The van der Waals surface area contributed by atoms with Crippen molar-refractivity contribution >= 4 is 23.0 Å². The molecule has 0 radical (unpaired) electrons. The molecule has 0 aliphatic carbocycles. The van der Waals surface area contributed by atoms with Crippen molar-refractivity contribution in [2.24, 2.45) is 10.8 Å². The van der Waals surface area contributed by atoms with Gasteiger partial charge in [0, 0.05) is 5.71 Å². The summed E-state index contributed by atoms with van der Waals surface area (Å²) in [4.78, 5) is 0. The van der Waals surface area contributed by atoms with Crippen LogP contribution in [0.15, 0.2) is 5.10 Å². The van der Waals surface area contributed by atoms with Crippen LogP contribution in [-0.4, -0.2) is 10.8 Å². The lowest BCUT2D eigenvalue weighted by atomic mass is 10.1. The van der Waals surface area contributed by atoms with Crippen LogP contribution in [-0.2, 0) is 0 Å². The van der Waals surface area contributed by atoms with Gasteiger partial charge >= 0.3 is 0 Å². The van der Waals surface area contributed by atoms with Gasteiger partial charge in [-0.05, 0) is 32.0 Å². The lowest BCUT2D eigenvalue weighted by Crippen LogP contribution is -2.25. The van der Waals surface area contributed by atoms with Crippen LogP contribution in [0.1, 0.15) is 39.5 Å². The number of nitrogens with one attached hydrogen (secondary N) is 1. The fourth-order valence-electron chi connectivity index (χ4n) is 0.837. The maximum atomic E-state index is 5.21. The third kappa shape index (κ3) is 7.47. The van der Waals surface area contributed by atoms with Crippen LogP contribution in [0.5, 0.6) is 0 Å². The molecule has 0 rings (SSSR count). The molecule has 0 aromatic heterocycles. The van der Waals surface area contributed by atoms with Gasteiger partial charge < -0.3 is 5.73 Å². The molecule has 0 fully saturated rings. The Labute approximate surface area is 79.4 Å². The molecule has 0 aliphatic rings. The Bertz CT molecular complexity index is 166. The molecular formula is C8H17N3S. The highest BCUT2D eigenvalue weighted by molar-refractivity contribution is 7.80. The molecule has 0 unspecified atom stereocenters. The van der Waals surface area contributed by atoms with Crippen LogP contribution < -0.4 is 11.2 Å². The highest BCUT2D eigenvalue weighted by atomic mass is 32.1. The molecule has 0 aromatic rings. The molecule has 0 aromatic carbocycles. The van der Waals surface area contributed by atoms with Gasteiger partial charge in [-0.3, -0.25) is 5.43 Å². The van der Waals surface area contributed by atoms with E-state index in [2.05, 4.69) is 29.7 Å². The Balaban J connectivity index is 3.49. The van der Waals surface area contributed by atoms with E-state index < -0.39 is 0 Å². The monoisotopic (exact) mass is 187 g/mol. The molecule has 12 heavy (non-hydrogen) atoms. The van der Waals surface area contributed by atoms with Gasteiger partial charge in [0.25, 0.3) is 0 Å². The summed E-state index contributed by atoms with van der Waals surface area (Å²) in [5.74, 6) is 0. The van der Waals surface area contributed by atoms with E-state index in [-0.39, 0.29) is 5.11 Å². The quantitative estimate of drug-likeness (QED) is 0.298. The summed E-state index contributed by atoms with van der Waals surface area (Å²) in [5.41, 5.74) is 8.83. The molecule has 0 atom stereocenters. The number of rotatable bonds is 5. The first-order chi connectivity index (χ1) is 5.66. The van der Waals surface area contributed by atoms with E-state index in [0.717, 1.165) is 12.1 Å². The van der Waals surface area contributed by atoms with Crippen molar-refractivity contribution in [1.82, 2.24) is 5.43 Å². The molecule has 3 N–H and O–H groups in total. The summed E-state index contributed by atoms with van der Waals surface area (Å²) in [6, 6.07) is 0. The third-order valence-electron chi connectivity index (χ3n) is 1.50. The van der Waals surface area contributed by atoms with Crippen LogP contribution in [0.3, 0.4) is 0 Å². The van der Waals surface area contributed by atoms with E-state index in [0.29, 0.717) is 0 Å². The highest BCUT2D eigenvalue weighted by Crippen LogP contribution is 1.99. The first kappa shape index (κ1) is 11.4.